The largest absolute Gasteiger partial charge is 0.296 e. The number of rotatable bonds is 4. The normalized spacial score (nSPS) is 10.8. The number of anilines is 1. The topological polar surface area (TPSA) is 54.9 Å². The van der Waals surface area contributed by atoms with Crippen LogP contribution >= 0.6 is 11.3 Å². The molecule has 2 aromatic carbocycles. The molecule has 0 bridgehead atoms. The lowest BCUT2D eigenvalue weighted by atomic mass is 10.2. The van der Waals surface area contributed by atoms with Crippen LogP contribution in [0.3, 0.4) is 0 Å². The molecule has 0 atom stereocenters. The smallest absolute Gasteiger partial charge is 0.257 e. The lowest BCUT2D eigenvalue weighted by molar-refractivity contribution is 0.102. The average Bonchev–Trinajstić information content (AvgIpc) is 3.02. The molecule has 0 aliphatic rings. The number of nitrogens with one attached hydrogen (secondary N) is 1. The zero-order valence-electron chi connectivity index (χ0n) is 11.9. The Morgan fingerprint density at radius 3 is 2.48 bits per heavy atom. The molecule has 0 unspecified atom stereocenters. The van der Waals surface area contributed by atoms with Crippen LogP contribution in [-0.4, -0.2) is 16.1 Å². The first-order valence-electron chi connectivity index (χ1n) is 6.84. The highest BCUT2D eigenvalue weighted by atomic mass is 32.1. The second-order valence-electron chi connectivity index (χ2n) is 4.65. The molecular weight excluding hydrogens is 313 g/mol. The van der Waals surface area contributed by atoms with Crippen LogP contribution in [0.25, 0.3) is 12.2 Å². The van der Waals surface area contributed by atoms with Crippen molar-refractivity contribution < 1.29 is 9.18 Å². The van der Waals surface area contributed by atoms with Crippen LogP contribution < -0.4 is 5.32 Å². The van der Waals surface area contributed by atoms with E-state index in [0.717, 1.165) is 5.56 Å². The fraction of sp³-hybridized carbons (Fsp3) is 0. The summed E-state index contributed by atoms with van der Waals surface area (Å²) in [7, 11) is 0. The Morgan fingerprint density at radius 2 is 1.74 bits per heavy atom. The van der Waals surface area contributed by atoms with Gasteiger partial charge in [-0.15, -0.1) is 10.2 Å². The number of nitrogens with zero attached hydrogens (tertiary/aromatic N) is 2. The van der Waals surface area contributed by atoms with Gasteiger partial charge in [0.25, 0.3) is 5.91 Å². The molecule has 3 rings (SSSR count). The Hall–Kier alpha value is -2.86. The van der Waals surface area contributed by atoms with E-state index in [0.29, 0.717) is 15.7 Å². The molecule has 1 N–H and O–H groups in total. The lowest BCUT2D eigenvalue weighted by Gasteiger charge is -2.00. The summed E-state index contributed by atoms with van der Waals surface area (Å²) < 4.78 is 12.8. The van der Waals surface area contributed by atoms with Crippen molar-refractivity contribution in [3.05, 3.63) is 76.5 Å². The van der Waals surface area contributed by atoms with Gasteiger partial charge in [-0.1, -0.05) is 47.7 Å². The molecule has 0 saturated carbocycles. The molecule has 6 heteroatoms. The van der Waals surface area contributed by atoms with E-state index in [4.69, 9.17) is 0 Å². The van der Waals surface area contributed by atoms with Gasteiger partial charge in [0.15, 0.2) is 0 Å². The van der Waals surface area contributed by atoms with Crippen LogP contribution in [0.1, 0.15) is 20.9 Å². The van der Waals surface area contributed by atoms with E-state index >= 15 is 0 Å². The monoisotopic (exact) mass is 325 g/mol. The number of amides is 1. The summed E-state index contributed by atoms with van der Waals surface area (Å²) >= 11 is 1.26. The molecule has 114 valence electrons. The molecule has 3 aromatic rings. The van der Waals surface area contributed by atoms with Gasteiger partial charge in [-0.2, -0.15) is 0 Å². The van der Waals surface area contributed by atoms with E-state index in [1.165, 1.54) is 35.6 Å². The second-order valence-corrected chi connectivity index (χ2v) is 5.66. The standard InChI is InChI=1S/C17H12FN3OS/c18-14-9-7-13(8-10-14)16(22)19-17-21-20-15(23-17)11-6-12-4-2-1-3-5-12/h1-11H,(H,19,21,22)/b11-6+. The minimum absolute atomic E-state index is 0.347. The van der Waals surface area contributed by atoms with Crippen LogP contribution in [0.15, 0.2) is 54.6 Å². The van der Waals surface area contributed by atoms with Gasteiger partial charge >= 0.3 is 0 Å². The molecule has 1 aromatic heterocycles. The molecule has 0 radical (unpaired) electrons. The second kappa shape index (κ2) is 6.93. The maximum Gasteiger partial charge on any atom is 0.257 e. The Bertz CT molecular complexity index is 829. The van der Waals surface area contributed by atoms with Gasteiger partial charge in [-0.25, -0.2) is 4.39 Å². The number of carbonyl (C=O) groups excluding carboxylic acids is 1. The molecular formula is C17H12FN3OS. The zero-order valence-corrected chi connectivity index (χ0v) is 12.8. The van der Waals surface area contributed by atoms with Gasteiger partial charge in [0.1, 0.15) is 10.8 Å². The fourth-order valence-electron chi connectivity index (χ4n) is 1.85. The van der Waals surface area contributed by atoms with Crippen molar-refractivity contribution in [3.63, 3.8) is 0 Å². The summed E-state index contributed by atoms with van der Waals surface area (Å²) in [6, 6.07) is 15.1. The Morgan fingerprint density at radius 1 is 1.00 bits per heavy atom. The number of halogens is 1. The summed E-state index contributed by atoms with van der Waals surface area (Å²) in [6.45, 7) is 0. The number of aromatic nitrogens is 2. The van der Waals surface area contributed by atoms with Crippen LogP contribution in [-0.2, 0) is 0 Å². The summed E-state index contributed by atoms with van der Waals surface area (Å²) in [5.41, 5.74) is 1.42. The van der Waals surface area contributed by atoms with Gasteiger partial charge in [0.2, 0.25) is 5.13 Å². The first-order chi connectivity index (χ1) is 11.2. The van der Waals surface area contributed by atoms with Crippen molar-refractivity contribution in [3.8, 4) is 0 Å². The quantitative estimate of drug-likeness (QED) is 0.786. The highest BCUT2D eigenvalue weighted by Gasteiger charge is 2.09. The summed E-state index contributed by atoms with van der Waals surface area (Å²) in [5.74, 6) is -0.731. The molecule has 1 heterocycles. The van der Waals surface area contributed by atoms with Crippen LogP contribution in [0.2, 0.25) is 0 Å². The van der Waals surface area contributed by atoms with Crippen LogP contribution in [0.4, 0.5) is 9.52 Å². The molecule has 0 aliphatic heterocycles. The van der Waals surface area contributed by atoms with E-state index in [2.05, 4.69) is 15.5 Å². The van der Waals surface area contributed by atoms with E-state index in [1.807, 2.05) is 42.5 Å². The molecule has 1 amide bonds. The van der Waals surface area contributed by atoms with Crippen LogP contribution in [0.5, 0.6) is 0 Å². The molecule has 0 saturated heterocycles. The zero-order chi connectivity index (χ0) is 16.1. The first kappa shape index (κ1) is 15.1. The molecule has 4 nitrogen and oxygen atoms in total. The maximum absolute atomic E-state index is 12.8. The van der Waals surface area contributed by atoms with Gasteiger partial charge in [0.05, 0.1) is 0 Å². The summed E-state index contributed by atoms with van der Waals surface area (Å²) in [4.78, 5) is 12.0. The van der Waals surface area contributed by atoms with Crippen molar-refractivity contribution in [1.29, 1.82) is 0 Å². The van der Waals surface area contributed by atoms with E-state index in [-0.39, 0.29) is 11.7 Å². The van der Waals surface area contributed by atoms with Crippen molar-refractivity contribution in [2.24, 2.45) is 0 Å². The minimum Gasteiger partial charge on any atom is -0.296 e. The van der Waals surface area contributed by atoms with Crippen molar-refractivity contribution >= 4 is 34.5 Å². The Kier molecular flexibility index (Phi) is 4.54. The van der Waals surface area contributed by atoms with E-state index in [1.54, 1.807) is 0 Å². The van der Waals surface area contributed by atoms with Crippen LogP contribution in [0, 0.1) is 5.82 Å². The number of benzene rings is 2. The molecule has 23 heavy (non-hydrogen) atoms. The van der Waals surface area contributed by atoms with Crippen molar-refractivity contribution in [2.45, 2.75) is 0 Å². The third-order valence-corrected chi connectivity index (χ3v) is 3.79. The van der Waals surface area contributed by atoms with Gasteiger partial charge in [-0.3, -0.25) is 10.1 Å². The Labute approximate surface area is 136 Å². The molecule has 0 aliphatic carbocycles. The third-order valence-electron chi connectivity index (χ3n) is 2.99. The average molecular weight is 325 g/mol. The highest BCUT2D eigenvalue weighted by Crippen LogP contribution is 2.18. The van der Waals surface area contributed by atoms with E-state index in [9.17, 15) is 9.18 Å². The fourth-order valence-corrected chi connectivity index (χ4v) is 2.50. The number of hydrogen-bond acceptors (Lipinski definition) is 4. The van der Waals surface area contributed by atoms with Crippen molar-refractivity contribution in [2.75, 3.05) is 5.32 Å². The highest BCUT2D eigenvalue weighted by molar-refractivity contribution is 7.16. The SMILES string of the molecule is O=C(Nc1nnc(/C=C/c2ccccc2)s1)c1ccc(F)cc1. The maximum atomic E-state index is 12.8. The summed E-state index contributed by atoms with van der Waals surface area (Å²) in [6.07, 6.45) is 3.76. The predicted molar refractivity (Wildman–Crippen MR) is 89.6 cm³/mol. The number of hydrogen-bond donors (Lipinski definition) is 1. The third kappa shape index (κ3) is 4.08. The summed E-state index contributed by atoms with van der Waals surface area (Å²) in [5, 5.41) is 11.6. The van der Waals surface area contributed by atoms with Gasteiger partial charge in [0, 0.05) is 5.56 Å². The lowest BCUT2D eigenvalue weighted by Crippen LogP contribution is -2.11. The van der Waals surface area contributed by atoms with Crippen molar-refractivity contribution in [1.82, 2.24) is 10.2 Å². The molecule has 0 fully saturated rings. The van der Waals surface area contributed by atoms with Gasteiger partial charge < -0.3 is 0 Å². The van der Waals surface area contributed by atoms with E-state index < -0.39 is 0 Å². The Balaban J connectivity index is 1.66. The predicted octanol–water partition coefficient (Wildman–Crippen LogP) is 4.10. The minimum atomic E-state index is -0.384. The first-order valence-corrected chi connectivity index (χ1v) is 7.66. The van der Waals surface area contributed by atoms with Gasteiger partial charge in [-0.05, 0) is 35.9 Å². The number of carbonyl (C=O) groups is 1. The molecule has 0 spiro atoms.